The molecule has 0 bridgehead atoms. The maximum absolute atomic E-state index is 5.94. The highest BCUT2D eigenvalue weighted by Gasteiger charge is 2.28. The number of nitrogens with two attached hydrogens (primary N) is 1. The fourth-order valence-corrected chi connectivity index (χ4v) is 1.99. The Balaban J connectivity index is 2.11. The van der Waals surface area contributed by atoms with Crippen molar-refractivity contribution in [2.75, 3.05) is 11.1 Å². The maximum atomic E-state index is 5.94. The Morgan fingerprint density at radius 1 is 1.50 bits per heavy atom. The predicted molar refractivity (Wildman–Crippen MR) is 64.4 cm³/mol. The number of rotatable bonds is 3. The largest absolute Gasteiger partial charge is 0.396 e. The molecule has 1 unspecified atom stereocenters. The van der Waals surface area contributed by atoms with Crippen LogP contribution in [-0.2, 0) is 0 Å². The molecule has 0 heterocycles. The van der Waals surface area contributed by atoms with E-state index in [0.717, 1.165) is 21.8 Å². The number of halogens is 1. The molecule has 1 atom stereocenters. The quantitative estimate of drug-likeness (QED) is 0.813. The molecule has 2 rings (SSSR count). The summed E-state index contributed by atoms with van der Waals surface area (Å²) >= 11 is 3.42. The van der Waals surface area contributed by atoms with Crippen LogP contribution in [0.1, 0.15) is 19.8 Å². The Kier molecular flexibility index (Phi) is 2.68. The Hall–Kier alpha value is -0.700. The maximum Gasteiger partial charge on any atom is 0.0694 e. The third kappa shape index (κ3) is 2.03. The summed E-state index contributed by atoms with van der Waals surface area (Å²) in [7, 11) is 0. The first kappa shape index (κ1) is 9.84. The molecule has 0 radical (unpaired) electrons. The van der Waals surface area contributed by atoms with E-state index in [9.17, 15) is 0 Å². The molecule has 0 amide bonds. The van der Waals surface area contributed by atoms with E-state index in [2.05, 4.69) is 28.2 Å². The summed E-state index contributed by atoms with van der Waals surface area (Å²) in [6.07, 6.45) is 2.70. The van der Waals surface area contributed by atoms with Crippen LogP contribution in [-0.4, -0.2) is 6.04 Å². The van der Waals surface area contributed by atoms with Crippen LogP contribution in [0.25, 0.3) is 0 Å². The van der Waals surface area contributed by atoms with Crippen LogP contribution in [0.2, 0.25) is 0 Å². The lowest BCUT2D eigenvalue weighted by atomic mass is 10.2. The molecular formula is C11H15BrN2. The van der Waals surface area contributed by atoms with Gasteiger partial charge in [0.25, 0.3) is 0 Å². The molecule has 0 aliphatic heterocycles. The Morgan fingerprint density at radius 2 is 2.21 bits per heavy atom. The molecule has 0 spiro atoms. The number of nitrogen functional groups attached to an aromatic ring is 1. The van der Waals surface area contributed by atoms with Gasteiger partial charge in [-0.25, -0.2) is 0 Å². The normalized spacial score (nSPS) is 17.9. The van der Waals surface area contributed by atoms with Gasteiger partial charge in [0, 0.05) is 10.5 Å². The zero-order valence-electron chi connectivity index (χ0n) is 8.26. The summed E-state index contributed by atoms with van der Waals surface area (Å²) in [5, 5.41) is 3.46. The minimum Gasteiger partial charge on any atom is -0.396 e. The molecule has 3 N–H and O–H groups in total. The lowest BCUT2D eigenvalue weighted by Gasteiger charge is -2.16. The smallest absolute Gasteiger partial charge is 0.0694 e. The van der Waals surface area contributed by atoms with E-state index < -0.39 is 0 Å². The molecule has 1 saturated carbocycles. The molecule has 1 fully saturated rings. The van der Waals surface area contributed by atoms with E-state index in [-0.39, 0.29) is 0 Å². The Morgan fingerprint density at radius 3 is 2.86 bits per heavy atom. The molecule has 1 aliphatic carbocycles. The lowest BCUT2D eigenvalue weighted by molar-refractivity contribution is 0.694. The molecule has 0 saturated heterocycles. The number of nitrogens with one attached hydrogen (secondary N) is 1. The van der Waals surface area contributed by atoms with E-state index in [0.29, 0.717) is 6.04 Å². The molecular weight excluding hydrogens is 240 g/mol. The third-order valence-corrected chi connectivity index (χ3v) is 3.46. The van der Waals surface area contributed by atoms with Crippen molar-refractivity contribution in [3.8, 4) is 0 Å². The summed E-state index contributed by atoms with van der Waals surface area (Å²) in [5.41, 5.74) is 7.79. The van der Waals surface area contributed by atoms with E-state index in [4.69, 9.17) is 5.73 Å². The zero-order valence-corrected chi connectivity index (χ0v) is 9.84. The minimum atomic E-state index is 0.534. The van der Waals surface area contributed by atoms with Gasteiger partial charge in [0.2, 0.25) is 0 Å². The van der Waals surface area contributed by atoms with Crippen LogP contribution >= 0.6 is 15.9 Å². The van der Waals surface area contributed by atoms with Gasteiger partial charge in [0.05, 0.1) is 11.4 Å². The Labute approximate surface area is 93.0 Å². The summed E-state index contributed by atoms with van der Waals surface area (Å²) in [5.74, 6) is 0.841. The van der Waals surface area contributed by atoms with Gasteiger partial charge in [-0.05, 0) is 53.7 Å². The van der Waals surface area contributed by atoms with Crippen molar-refractivity contribution in [3.05, 3.63) is 22.7 Å². The molecule has 1 aliphatic rings. The summed E-state index contributed by atoms with van der Waals surface area (Å²) in [6, 6.07) is 6.52. The SMILES string of the molecule is CC(Nc1cccc(Br)c1N)C1CC1. The molecule has 1 aromatic rings. The predicted octanol–water partition coefficient (Wildman–Crippen LogP) is 3.24. The molecule has 0 aromatic heterocycles. The van der Waals surface area contributed by atoms with Gasteiger partial charge in [0.15, 0.2) is 0 Å². The Bertz CT molecular complexity index is 334. The average Bonchev–Trinajstić information content (AvgIpc) is 2.95. The molecule has 2 nitrogen and oxygen atoms in total. The molecule has 1 aromatic carbocycles. The fourth-order valence-electron chi connectivity index (χ4n) is 1.62. The van der Waals surface area contributed by atoms with E-state index in [1.165, 1.54) is 12.8 Å². The number of para-hydroxylation sites is 1. The van der Waals surface area contributed by atoms with Gasteiger partial charge in [-0.15, -0.1) is 0 Å². The second-order valence-corrected chi connectivity index (χ2v) is 4.83. The van der Waals surface area contributed by atoms with Crippen molar-refractivity contribution in [2.24, 2.45) is 5.92 Å². The molecule has 14 heavy (non-hydrogen) atoms. The van der Waals surface area contributed by atoms with Crippen LogP contribution in [0.5, 0.6) is 0 Å². The van der Waals surface area contributed by atoms with Crippen molar-refractivity contribution < 1.29 is 0 Å². The van der Waals surface area contributed by atoms with E-state index in [1.807, 2.05) is 18.2 Å². The second kappa shape index (κ2) is 3.81. The summed E-state index contributed by atoms with van der Waals surface area (Å²) in [6.45, 7) is 2.22. The monoisotopic (exact) mass is 254 g/mol. The van der Waals surface area contributed by atoms with Crippen molar-refractivity contribution in [3.63, 3.8) is 0 Å². The van der Waals surface area contributed by atoms with Gasteiger partial charge in [-0.1, -0.05) is 6.07 Å². The highest BCUT2D eigenvalue weighted by atomic mass is 79.9. The van der Waals surface area contributed by atoms with Crippen LogP contribution in [0.4, 0.5) is 11.4 Å². The summed E-state index contributed by atoms with van der Waals surface area (Å²) < 4.78 is 0.963. The highest BCUT2D eigenvalue weighted by molar-refractivity contribution is 9.10. The van der Waals surface area contributed by atoms with Gasteiger partial charge in [-0.2, -0.15) is 0 Å². The first-order chi connectivity index (χ1) is 6.68. The summed E-state index contributed by atoms with van der Waals surface area (Å²) in [4.78, 5) is 0. The van der Waals surface area contributed by atoms with Crippen LogP contribution in [0, 0.1) is 5.92 Å². The average molecular weight is 255 g/mol. The van der Waals surface area contributed by atoms with E-state index in [1.54, 1.807) is 0 Å². The van der Waals surface area contributed by atoms with Gasteiger partial charge in [-0.3, -0.25) is 0 Å². The standard InChI is InChI=1S/C11H15BrN2/c1-7(8-5-6-8)14-10-4-2-3-9(12)11(10)13/h2-4,7-8,14H,5-6,13H2,1H3. The number of benzene rings is 1. The van der Waals surface area contributed by atoms with Crippen LogP contribution in [0.3, 0.4) is 0 Å². The fraction of sp³-hybridized carbons (Fsp3) is 0.455. The topological polar surface area (TPSA) is 38.0 Å². The molecule has 3 heteroatoms. The number of hydrogen-bond acceptors (Lipinski definition) is 2. The van der Waals surface area contributed by atoms with Crippen LogP contribution < -0.4 is 11.1 Å². The van der Waals surface area contributed by atoms with Crippen molar-refractivity contribution in [1.29, 1.82) is 0 Å². The number of anilines is 2. The first-order valence-electron chi connectivity index (χ1n) is 4.99. The zero-order chi connectivity index (χ0) is 10.1. The van der Waals surface area contributed by atoms with E-state index >= 15 is 0 Å². The van der Waals surface area contributed by atoms with Gasteiger partial charge in [0.1, 0.15) is 0 Å². The van der Waals surface area contributed by atoms with Crippen molar-refractivity contribution in [1.82, 2.24) is 0 Å². The second-order valence-electron chi connectivity index (χ2n) is 3.97. The molecule has 76 valence electrons. The lowest BCUT2D eigenvalue weighted by Crippen LogP contribution is -2.18. The van der Waals surface area contributed by atoms with Crippen molar-refractivity contribution in [2.45, 2.75) is 25.8 Å². The number of hydrogen-bond donors (Lipinski definition) is 2. The highest BCUT2D eigenvalue weighted by Crippen LogP contribution is 2.35. The minimum absolute atomic E-state index is 0.534. The van der Waals surface area contributed by atoms with Crippen molar-refractivity contribution >= 4 is 27.3 Å². The van der Waals surface area contributed by atoms with Gasteiger partial charge < -0.3 is 11.1 Å². The first-order valence-corrected chi connectivity index (χ1v) is 5.78. The van der Waals surface area contributed by atoms with Crippen LogP contribution in [0.15, 0.2) is 22.7 Å². The van der Waals surface area contributed by atoms with Gasteiger partial charge >= 0.3 is 0 Å². The third-order valence-electron chi connectivity index (χ3n) is 2.77.